The summed E-state index contributed by atoms with van der Waals surface area (Å²) in [5.41, 5.74) is 3.09. The Morgan fingerprint density at radius 3 is 2.75 bits per heavy atom. The number of rotatable bonds is 5. The summed E-state index contributed by atoms with van der Waals surface area (Å²) in [7, 11) is -3.88. The van der Waals surface area contributed by atoms with Gasteiger partial charge in [0.05, 0.1) is 28.7 Å². The summed E-state index contributed by atoms with van der Waals surface area (Å²) < 4.78 is 36.7. The van der Waals surface area contributed by atoms with Crippen molar-refractivity contribution in [2.45, 2.75) is 37.4 Å². The van der Waals surface area contributed by atoms with E-state index in [9.17, 15) is 13.7 Å². The summed E-state index contributed by atoms with van der Waals surface area (Å²) in [6, 6.07) is 16.2. The number of hydrogen-bond donors (Lipinski definition) is 0. The molecule has 0 radical (unpaired) electrons. The van der Waals surface area contributed by atoms with Crippen LogP contribution in [0.1, 0.15) is 24.5 Å². The molecule has 1 fully saturated rings. The second-order valence-electron chi connectivity index (χ2n) is 8.00. The molecule has 166 valence electrons. The van der Waals surface area contributed by atoms with E-state index in [1.54, 1.807) is 36.5 Å². The first kappa shape index (κ1) is 22.2. The zero-order chi connectivity index (χ0) is 22.7. The van der Waals surface area contributed by atoms with Crippen molar-refractivity contribution in [3.63, 3.8) is 0 Å². The van der Waals surface area contributed by atoms with Gasteiger partial charge in [-0.05, 0) is 56.7 Å². The van der Waals surface area contributed by atoms with E-state index < -0.39 is 16.2 Å². The molecule has 1 saturated heterocycles. The third-order valence-electron chi connectivity index (χ3n) is 5.58. The lowest BCUT2D eigenvalue weighted by Crippen LogP contribution is -2.35. The summed E-state index contributed by atoms with van der Waals surface area (Å²) in [5.74, 6) is 0. The third kappa shape index (κ3) is 4.75. The van der Waals surface area contributed by atoms with Gasteiger partial charge in [-0.2, -0.15) is 13.7 Å². The van der Waals surface area contributed by atoms with Crippen LogP contribution in [0.4, 0.5) is 5.69 Å². The lowest BCUT2D eigenvalue weighted by molar-refractivity contribution is -0.0122. The van der Waals surface area contributed by atoms with E-state index in [0.717, 1.165) is 29.6 Å². The molecule has 0 aliphatic carbocycles. The zero-order valence-electron chi connectivity index (χ0n) is 18.1. The topological polar surface area (TPSA) is 92.5 Å². The normalized spacial score (nSPS) is 19.5. The van der Waals surface area contributed by atoms with Crippen molar-refractivity contribution >= 4 is 26.7 Å². The Bertz CT molecular complexity index is 1250. The first-order valence-electron chi connectivity index (χ1n) is 10.5. The zero-order valence-corrected chi connectivity index (χ0v) is 18.9. The Labute approximate surface area is 188 Å². The molecule has 32 heavy (non-hydrogen) atoms. The highest BCUT2D eigenvalue weighted by atomic mass is 32.2. The Balaban J connectivity index is 1.56. The van der Waals surface area contributed by atoms with Gasteiger partial charge in [0.2, 0.25) is 0 Å². The second-order valence-corrected chi connectivity index (χ2v) is 9.61. The average Bonchev–Trinajstić information content (AvgIpc) is 2.98. The molecule has 3 aromatic rings. The number of nitriles is 1. The van der Waals surface area contributed by atoms with Crippen molar-refractivity contribution in [2.24, 2.45) is 0 Å². The van der Waals surface area contributed by atoms with Crippen molar-refractivity contribution in [1.29, 1.82) is 5.26 Å². The highest BCUT2D eigenvalue weighted by Crippen LogP contribution is 2.30. The maximum Gasteiger partial charge on any atom is 0.297 e. The summed E-state index contributed by atoms with van der Waals surface area (Å²) in [6.45, 7) is 4.99. The average molecular weight is 452 g/mol. The van der Waals surface area contributed by atoms with Gasteiger partial charge in [0.15, 0.2) is 0 Å². The molecule has 0 bridgehead atoms. The molecule has 2 aromatic carbocycles. The predicted molar refractivity (Wildman–Crippen MR) is 122 cm³/mol. The van der Waals surface area contributed by atoms with Crippen LogP contribution in [-0.2, 0) is 19.0 Å². The molecule has 2 atom stereocenters. The Hall–Kier alpha value is -2.99. The van der Waals surface area contributed by atoms with Crippen LogP contribution in [0.5, 0.6) is 0 Å². The van der Waals surface area contributed by atoms with Crippen molar-refractivity contribution in [3.8, 4) is 6.07 Å². The molecule has 0 amide bonds. The molecule has 0 saturated carbocycles. The number of benzene rings is 2. The largest absolute Gasteiger partial charge is 0.371 e. The maximum absolute atomic E-state index is 12.6. The molecule has 0 spiro atoms. The smallest absolute Gasteiger partial charge is 0.297 e. The molecule has 0 unspecified atom stereocenters. The predicted octanol–water partition coefficient (Wildman–Crippen LogP) is 3.80. The number of hydrogen-bond acceptors (Lipinski definition) is 7. The summed E-state index contributed by atoms with van der Waals surface area (Å²) in [4.78, 5) is 6.67. The number of anilines is 1. The number of aryl methyl sites for hydroxylation is 1. The van der Waals surface area contributed by atoms with Crippen LogP contribution < -0.4 is 4.90 Å². The highest BCUT2D eigenvalue weighted by Gasteiger charge is 2.27. The van der Waals surface area contributed by atoms with Gasteiger partial charge in [-0.1, -0.05) is 17.7 Å². The number of pyridine rings is 1. The Morgan fingerprint density at radius 2 is 2.00 bits per heavy atom. The first-order valence-corrected chi connectivity index (χ1v) is 11.9. The van der Waals surface area contributed by atoms with Gasteiger partial charge >= 0.3 is 0 Å². The van der Waals surface area contributed by atoms with Crippen molar-refractivity contribution in [1.82, 2.24) is 4.98 Å². The van der Waals surface area contributed by atoms with E-state index in [1.165, 1.54) is 0 Å². The summed E-state index contributed by atoms with van der Waals surface area (Å²) in [5, 5.41) is 10.3. The van der Waals surface area contributed by atoms with Crippen LogP contribution in [0.15, 0.2) is 59.6 Å². The van der Waals surface area contributed by atoms with Gasteiger partial charge in [-0.3, -0.25) is 9.17 Å². The fourth-order valence-corrected chi connectivity index (χ4v) is 4.82. The number of aromatic nitrogens is 1. The van der Waals surface area contributed by atoms with Crippen LogP contribution in [0.25, 0.3) is 10.9 Å². The molecule has 2 heterocycles. The number of nitrogens with zero attached hydrogens (tertiary/aromatic N) is 3. The molecule has 0 N–H and O–H groups in total. The summed E-state index contributed by atoms with van der Waals surface area (Å²) >= 11 is 0. The van der Waals surface area contributed by atoms with E-state index in [-0.39, 0.29) is 17.6 Å². The van der Waals surface area contributed by atoms with Crippen LogP contribution in [0.2, 0.25) is 0 Å². The minimum Gasteiger partial charge on any atom is -0.371 e. The molecule has 4 rings (SSSR count). The quantitative estimate of drug-likeness (QED) is 0.545. The van der Waals surface area contributed by atoms with Crippen molar-refractivity contribution in [3.05, 3.63) is 65.9 Å². The van der Waals surface area contributed by atoms with E-state index in [0.29, 0.717) is 17.6 Å². The Kier molecular flexibility index (Phi) is 6.42. The lowest BCUT2D eigenvalue weighted by Gasteiger charge is -2.27. The third-order valence-corrected chi connectivity index (χ3v) is 6.88. The Morgan fingerprint density at radius 1 is 1.22 bits per heavy atom. The van der Waals surface area contributed by atoms with Gasteiger partial charge in [-0.25, -0.2) is 0 Å². The molecule has 7 nitrogen and oxygen atoms in total. The molecule has 8 heteroatoms. The highest BCUT2D eigenvalue weighted by molar-refractivity contribution is 7.86. The summed E-state index contributed by atoms with van der Waals surface area (Å²) in [6.07, 6.45) is 1.98. The number of ether oxygens (including phenoxy) is 1. The number of fused-ring (bicyclic) bond motifs is 1. The van der Waals surface area contributed by atoms with Crippen LogP contribution in [0.3, 0.4) is 0 Å². The first-order chi connectivity index (χ1) is 15.4. The molecular formula is C24H25N3O4S. The minimum absolute atomic E-state index is 0.0431. The van der Waals surface area contributed by atoms with Gasteiger partial charge < -0.3 is 9.64 Å². The van der Waals surface area contributed by atoms with Crippen LogP contribution in [-0.4, -0.2) is 45.3 Å². The van der Waals surface area contributed by atoms with Gasteiger partial charge in [-0.15, -0.1) is 0 Å². The lowest BCUT2D eigenvalue weighted by atomic mass is 10.1. The van der Waals surface area contributed by atoms with Crippen molar-refractivity contribution in [2.75, 3.05) is 24.6 Å². The van der Waals surface area contributed by atoms with Crippen molar-refractivity contribution < 1.29 is 17.3 Å². The SMILES string of the molecule is Cc1ccc(S(=O)(=O)OC[C@H]2CN(c3ccc(C#N)c4ncccc34)CC[C@@H](C)O2)cc1. The minimum atomic E-state index is -3.88. The molecule has 1 aliphatic rings. The van der Waals surface area contributed by atoms with Crippen LogP contribution in [0, 0.1) is 18.3 Å². The molecular weight excluding hydrogens is 426 g/mol. The van der Waals surface area contributed by atoms with Gasteiger partial charge in [0.1, 0.15) is 12.2 Å². The maximum atomic E-state index is 12.6. The molecule has 1 aliphatic heterocycles. The van der Waals surface area contributed by atoms with E-state index in [2.05, 4.69) is 16.0 Å². The van der Waals surface area contributed by atoms with Gasteiger partial charge in [0, 0.05) is 30.4 Å². The fraction of sp³-hybridized carbons (Fsp3) is 0.333. The molecule has 1 aromatic heterocycles. The monoisotopic (exact) mass is 451 g/mol. The van der Waals surface area contributed by atoms with E-state index in [4.69, 9.17) is 8.92 Å². The van der Waals surface area contributed by atoms with Gasteiger partial charge in [0.25, 0.3) is 10.1 Å². The van der Waals surface area contributed by atoms with E-state index >= 15 is 0 Å². The van der Waals surface area contributed by atoms with Crippen LogP contribution >= 0.6 is 0 Å². The van der Waals surface area contributed by atoms with E-state index in [1.807, 2.05) is 32.0 Å². The fourth-order valence-electron chi connectivity index (χ4n) is 3.89. The second kappa shape index (κ2) is 9.25. The standard InChI is InChI=1S/C24H25N3O4S/c1-17-5-8-21(9-6-17)32(28,29)30-16-20-15-27(13-11-18(2)31-20)23-10-7-19(14-25)24-22(23)4-3-12-26-24/h3-10,12,18,20H,11,13,15-16H2,1-2H3/t18-,20-/m1/s1.